The fourth-order valence-electron chi connectivity index (χ4n) is 2.51. The van der Waals surface area contributed by atoms with E-state index in [4.69, 9.17) is 10.5 Å². The molecule has 4 heteroatoms. The summed E-state index contributed by atoms with van der Waals surface area (Å²) >= 11 is 0. The van der Waals surface area contributed by atoms with E-state index in [-0.39, 0.29) is 0 Å². The van der Waals surface area contributed by atoms with Crippen LogP contribution in [0, 0.1) is 5.92 Å². The van der Waals surface area contributed by atoms with Gasteiger partial charge in [0.15, 0.2) is 0 Å². The smallest absolute Gasteiger partial charge is 0.0724 e. The fraction of sp³-hybridized carbons (Fsp3) is 0.643. The highest BCUT2D eigenvalue weighted by atomic mass is 16.5. The highest BCUT2D eigenvalue weighted by Gasteiger charge is 2.25. The van der Waals surface area contributed by atoms with E-state index in [0.717, 1.165) is 31.0 Å². The number of rotatable bonds is 4. The number of methoxy groups -OCH3 is 1. The number of piperidine rings is 1. The van der Waals surface area contributed by atoms with Crippen LogP contribution < -0.4 is 5.73 Å². The molecule has 0 radical (unpaired) electrons. The Balaban J connectivity index is 1.96. The molecule has 2 unspecified atom stereocenters. The molecule has 2 rings (SSSR count). The Kier molecular flexibility index (Phi) is 4.69. The van der Waals surface area contributed by atoms with Crippen molar-refractivity contribution in [3.05, 3.63) is 29.6 Å². The number of aromatic nitrogens is 1. The molecule has 1 aliphatic heterocycles. The third-order valence-electron chi connectivity index (χ3n) is 3.74. The number of hydrogen-bond donors (Lipinski definition) is 1. The number of pyridine rings is 1. The maximum Gasteiger partial charge on any atom is 0.0724 e. The average molecular weight is 249 g/mol. The SMILES string of the molecule is COC1CN(Cc2cccc(CN)n2)CCC1C. The summed E-state index contributed by atoms with van der Waals surface area (Å²) in [5.41, 5.74) is 7.68. The predicted octanol–water partition coefficient (Wildman–Crippen LogP) is 1.40. The lowest BCUT2D eigenvalue weighted by molar-refractivity contribution is -0.00779. The van der Waals surface area contributed by atoms with Gasteiger partial charge < -0.3 is 10.5 Å². The Morgan fingerprint density at radius 2 is 2.22 bits per heavy atom. The molecule has 0 aromatic carbocycles. The molecule has 0 aliphatic carbocycles. The van der Waals surface area contributed by atoms with Gasteiger partial charge in [0.25, 0.3) is 0 Å². The second kappa shape index (κ2) is 6.27. The first kappa shape index (κ1) is 13.5. The van der Waals surface area contributed by atoms with Gasteiger partial charge in [-0.1, -0.05) is 13.0 Å². The van der Waals surface area contributed by atoms with Crippen LogP contribution in [0.15, 0.2) is 18.2 Å². The predicted molar refractivity (Wildman–Crippen MR) is 72.0 cm³/mol. The Morgan fingerprint density at radius 1 is 1.44 bits per heavy atom. The van der Waals surface area contributed by atoms with E-state index in [1.54, 1.807) is 7.11 Å². The summed E-state index contributed by atoms with van der Waals surface area (Å²) in [6.07, 6.45) is 1.53. The summed E-state index contributed by atoms with van der Waals surface area (Å²) in [5.74, 6) is 0.648. The van der Waals surface area contributed by atoms with Gasteiger partial charge in [0.1, 0.15) is 0 Å². The molecule has 0 spiro atoms. The zero-order valence-electron chi connectivity index (χ0n) is 11.3. The standard InChI is InChI=1S/C14H23N3O/c1-11-6-7-17(10-14(11)18-2)9-13-5-3-4-12(8-15)16-13/h3-5,11,14H,6-10,15H2,1-2H3. The van der Waals surface area contributed by atoms with Crippen LogP contribution in [0.3, 0.4) is 0 Å². The maximum absolute atomic E-state index is 5.62. The van der Waals surface area contributed by atoms with Crippen molar-refractivity contribution in [3.8, 4) is 0 Å². The van der Waals surface area contributed by atoms with Crippen molar-refractivity contribution in [2.24, 2.45) is 11.7 Å². The van der Waals surface area contributed by atoms with Crippen molar-refractivity contribution in [1.82, 2.24) is 9.88 Å². The van der Waals surface area contributed by atoms with Gasteiger partial charge in [0.05, 0.1) is 17.5 Å². The molecule has 0 bridgehead atoms. The first-order chi connectivity index (χ1) is 8.72. The number of nitrogens with two attached hydrogens (primary N) is 1. The zero-order chi connectivity index (χ0) is 13.0. The minimum atomic E-state index is 0.344. The molecule has 1 fully saturated rings. The summed E-state index contributed by atoms with van der Waals surface area (Å²) in [6, 6.07) is 6.07. The van der Waals surface area contributed by atoms with E-state index in [1.807, 2.05) is 12.1 Å². The number of nitrogens with zero attached hydrogens (tertiary/aromatic N) is 2. The highest BCUT2D eigenvalue weighted by Crippen LogP contribution is 2.20. The Hall–Kier alpha value is -0.970. The summed E-state index contributed by atoms with van der Waals surface area (Å²) in [4.78, 5) is 6.96. The van der Waals surface area contributed by atoms with E-state index < -0.39 is 0 Å². The van der Waals surface area contributed by atoms with Crippen molar-refractivity contribution in [2.75, 3.05) is 20.2 Å². The van der Waals surface area contributed by atoms with Crippen molar-refractivity contribution in [2.45, 2.75) is 32.5 Å². The molecule has 1 aromatic heterocycles. The Bertz CT molecular complexity index is 383. The molecule has 1 aliphatic rings. The Morgan fingerprint density at radius 3 is 2.94 bits per heavy atom. The summed E-state index contributed by atoms with van der Waals surface area (Å²) in [6.45, 7) is 5.77. The van der Waals surface area contributed by atoms with Crippen LogP contribution in [0.4, 0.5) is 0 Å². The fourth-order valence-corrected chi connectivity index (χ4v) is 2.51. The third kappa shape index (κ3) is 3.28. The van der Waals surface area contributed by atoms with Crippen LogP contribution in [-0.2, 0) is 17.8 Å². The highest BCUT2D eigenvalue weighted by molar-refractivity contribution is 5.11. The van der Waals surface area contributed by atoms with Crippen molar-refractivity contribution < 1.29 is 4.74 Å². The van der Waals surface area contributed by atoms with E-state index in [2.05, 4.69) is 22.9 Å². The first-order valence-electron chi connectivity index (χ1n) is 6.63. The number of ether oxygens (including phenoxy) is 1. The molecule has 2 heterocycles. The molecule has 18 heavy (non-hydrogen) atoms. The molecule has 1 saturated heterocycles. The van der Waals surface area contributed by atoms with Gasteiger partial charge in [-0.3, -0.25) is 9.88 Å². The Labute approximate surface area is 109 Å². The molecule has 0 saturated carbocycles. The molecule has 100 valence electrons. The van der Waals surface area contributed by atoms with Gasteiger partial charge in [0, 0.05) is 26.7 Å². The normalized spacial score (nSPS) is 25.3. The summed E-state index contributed by atoms with van der Waals surface area (Å²) in [5, 5.41) is 0. The van der Waals surface area contributed by atoms with Gasteiger partial charge in [-0.2, -0.15) is 0 Å². The van der Waals surface area contributed by atoms with Crippen LogP contribution in [0.2, 0.25) is 0 Å². The minimum absolute atomic E-state index is 0.344. The number of hydrogen-bond acceptors (Lipinski definition) is 4. The quantitative estimate of drug-likeness (QED) is 0.876. The van der Waals surface area contributed by atoms with Gasteiger partial charge >= 0.3 is 0 Å². The van der Waals surface area contributed by atoms with Gasteiger partial charge in [-0.25, -0.2) is 0 Å². The maximum atomic E-state index is 5.62. The van der Waals surface area contributed by atoms with Crippen LogP contribution in [0.5, 0.6) is 0 Å². The summed E-state index contributed by atoms with van der Waals surface area (Å²) < 4.78 is 5.53. The molecule has 2 atom stereocenters. The lowest BCUT2D eigenvalue weighted by Gasteiger charge is -2.36. The summed E-state index contributed by atoms with van der Waals surface area (Å²) in [7, 11) is 1.80. The molecular weight excluding hydrogens is 226 g/mol. The third-order valence-corrected chi connectivity index (χ3v) is 3.74. The molecule has 2 N–H and O–H groups in total. The van der Waals surface area contributed by atoms with Crippen LogP contribution in [0.1, 0.15) is 24.7 Å². The minimum Gasteiger partial charge on any atom is -0.380 e. The van der Waals surface area contributed by atoms with Gasteiger partial charge in [-0.05, 0) is 31.0 Å². The average Bonchev–Trinajstić information content (AvgIpc) is 2.41. The second-order valence-electron chi connectivity index (χ2n) is 5.10. The monoisotopic (exact) mass is 249 g/mol. The largest absolute Gasteiger partial charge is 0.380 e. The number of likely N-dealkylation sites (tertiary alicyclic amines) is 1. The second-order valence-corrected chi connectivity index (χ2v) is 5.10. The van der Waals surface area contributed by atoms with E-state index in [1.165, 1.54) is 6.42 Å². The van der Waals surface area contributed by atoms with Crippen molar-refractivity contribution in [3.63, 3.8) is 0 Å². The lowest BCUT2D eigenvalue weighted by atomic mass is 9.96. The van der Waals surface area contributed by atoms with Crippen molar-refractivity contribution in [1.29, 1.82) is 0 Å². The van der Waals surface area contributed by atoms with Crippen molar-refractivity contribution >= 4 is 0 Å². The van der Waals surface area contributed by atoms with Crippen LogP contribution in [-0.4, -0.2) is 36.2 Å². The van der Waals surface area contributed by atoms with Gasteiger partial charge in [0.2, 0.25) is 0 Å². The van der Waals surface area contributed by atoms with Crippen LogP contribution >= 0.6 is 0 Å². The topological polar surface area (TPSA) is 51.4 Å². The lowest BCUT2D eigenvalue weighted by Crippen LogP contribution is -2.43. The molecule has 0 amide bonds. The van der Waals surface area contributed by atoms with E-state index >= 15 is 0 Å². The van der Waals surface area contributed by atoms with E-state index in [0.29, 0.717) is 18.6 Å². The molecular formula is C14H23N3O. The zero-order valence-corrected chi connectivity index (χ0v) is 11.3. The van der Waals surface area contributed by atoms with E-state index in [9.17, 15) is 0 Å². The molecule has 1 aromatic rings. The van der Waals surface area contributed by atoms with Gasteiger partial charge in [-0.15, -0.1) is 0 Å². The van der Waals surface area contributed by atoms with Crippen LogP contribution in [0.25, 0.3) is 0 Å². The molecule has 4 nitrogen and oxygen atoms in total. The first-order valence-corrected chi connectivity index (χ1v) is 6.63.